The van der Waals surface area contributed by atoms with Gasteiger partial charge in [-0.3, -0.25) is 4.72 Å². The Hall–Kier alpha value is -0.150. The molecule has 1 heterocycles. The molecule has 1 rings (SSSR count). The molecule has 0 bridgehead atoms. The molecule has 0 aromatic heterocycles. The van der Waals surface area contributed by atoms with E-state index in [-0.39, 0.29) is 0 Å². The highest BCUT2D eigenvalue weighted by Crippen LogP contribution is 2.08. The van der Waals surface area contributed by atoms with E-state index in [4.69, 9.17) is 0 Å². The molecule has 0 unspecified atom stereocenters. The van der Waals surface area contributed by atoms with Gasteiger partial charge in [-0.1, -0.05) is 18.5 Å². The Morgan fingerprint density at radius 1 is 1.78 bits per heavy atom. The normalized spacial score (nSPS) is 19.4. The smallest absolute Gasteiger partial charge is 0.0522 e. The molecular weight excluding hydrogens is 132 g/mol. The summed E-state index contributed by atoms with van der Waals surface area (Å²) in [5, 5.41) is 0. The summed E-state index contributed by atoms with van der Waals surface area (Å²) in [6, 6.07) is 0.679. The van der Waals surface area contributed by atoms with Crippen LogP contribution in [0, 0.1) is 0 Å². The molecule has 0 aromatic rings. The lowest BCUT2D eigenvalue weighted by Crippen LogP contribution is -2.53. The molecule has 0 spiro atoms. The van der Waals surface area contributed by atoms with Gasteiger partial charge in [-0.15, -0.1) is 0 Å². The van der Waals surface area contributed by atoms with Crippen LogP contribution >= 0.6 is 11.9 Å². The second kappa shape index (κ2) is 3.13. The summed E-state index contributed by atoms with van der Waals surface area (Å²) in [4.78, 5) is 2.19. The lowest BCUT2D eigenvalue weighted by molar-refractivity contribution is 0.212. The highest BCUT2D eigenvalue weighted by molar-refractivity contribution is 7.96. The average Bonchev–Trinajstić information content (AvgIpc) is 1.77. The summed E-state index contributed by atoms with van der Waals surface area (Å²) in [5.41, 5.74) is 0. The molecule has 1 saturated heterocycles. The molecule has 52 valence electrons. The maximum Gasteiger partial charge on any atom is 0.0522 e. The SMILES string of the molecule is C=CN1CC(NSC)C1. The summed E-state index contributed by atoms with van der Waals surface area (Å²) in [7, 11) is 0. The Kier molecular flexibility index (Phi) is 2.42. The van der Waals surface area contributed by atoms with Crippen LogP contribution in [-0.2, 0) is 0 Å². The van der Waals surface area contributed by atoms with Gasteiger partial charge in [0, 0.05) is 13.1 Å². The average molecular weight is 144 g/mol. The second-order valence-corrected chi connectivity index (χ2v) is 2.80. The molecule has 2 nitrogen and oxygen atoms in total. The van der Waals surface area contributed by atoms with E-state index in [1.165, 1.54) is 0 Å². The van der Waals surface area contributed by atoms with Gasteiger partial charge in [-0.05, 0) is 12.5 Å². The number of hydrogen-bond donors (Lipinski definition) is 1. The van der Waals surface area contributed by atoms with Crippen molar-refractivity contribution < 1.29 is 0 Å². The van der Waals surface area contributed by atoms with Crippen LogP contribution in [0.1, 0.15) is 0 Å². The Balaban J connectivity index is 2.04. The molecule has 0 radical (unpaired) electrons. The Morgan fingerprint density at radius 2 is 2.44 bits per heavy atom. The maximum atomic E-state index is 3.67. The largest absolute Gasteiger partial charge is 0.375 e. The molecule has 0 saturated carbocycles. The van der Waals surface area contributed by atoms with Crippen molar-refractivity contribution in [1.29, 1.82) is 0 Å². The summed E-state index contributed by atoms with van der Waals surface area (Å²) in [6.45, 7) is 5.90. The van der Waals surface area contributed by atoms with E-state index >= 15 is 0 Å². The third kappa shape index (κ3) is 1.63. The Bertz CT molecular complexity index is 99.2. The summed E-state index contributed by atoms with van der Waals surface area (Å²) >= 11 is 1.69. The van der Waals surface area contributed by atoms with Crippen molar-refractivity contribution in [2.45, 2.75) is 6.04 Å². The fourth-order valence-electron chi connectivity index (χ4n) is 0.903. The first kappa shape index (κ1) is 6.96. The predicted octanol–water partition coefficient (Wildman–Crippen LogP) is 0.682. The minimum atomic E-state index is 0.679. The first-order valence-corrected chi connectivity index (χ1v) is 4.24. The molecule has 0 atom stereocenters. The van der Waals surface area contributed by atoms with Crippen LogP contribution in [0.3, 0.4) is 0 Å². The van der Waals surface area contributed by atoms with Gasteiger partial charge in [0.05, 0.1) is 6.04 Å². The zero-order valence-electron chi connectivity index (χ0n) is 5.63. The van der Waals surface area contributed by atoms with Gasteiger partial charge in [-0.25, -0.2) is 0 Å². The lowest BCUT2D eigenvalue weighted by atomic mass is 10.1. The highest BCUT2D eigenvalue weighted by Gasteiger charge is 2.22. The summed E-state index contributed by atoms with van der Waals surface area (Å²) in [5.74, 6) is 0. The van der Waals surface area contributed by atoms with Crippen molar-refractivity contribution in [3.05, 3.63) is 12.8 Å². The standard InChI is InChI=1S/C6H12N2S/c1-3-8-4-6(5-8)7-9-2/h3,6-7H,1,4-5H2,2H3. The van der Waals surface area contributed by atoms with Crippen LogP contribution in [0.4, 0.5) is 0 Å². The highest BCUT2D eigenvalue weighted by atomic mass is 32.2. The van der Waals surface area contributed by atoms with Gasteiger partial charge in [0.2, 0.25) is 0 Å². The number of rotatable bonds is 3. The van der Waals surface area contributed by atoms with Gasteiger partial charge < -0.3 is 4.90 Å². The lowest BCUT2D eigenvalue weighted by Gasteiger charge is -2.38. The van der Waals surface area contributed by atoms with Gasteiger partial charge in [0.25, 0.3) is 0 Å². The Labute approximate surface area is 60.4 Å². The van der Waals surface area contributed by atoms with Crippen molar-refractivity contribution in [2.24, 2.45) is 0 Å². The quantitative estimate of drug-likeness (QED) is 0.586. The van der Waals surface area contributed by atoms with Crippen LogP contribution < -0.4 is 4.72 Å². The molecule has 0 aromatic carbocycles. The van der Waals surface area contributed by atoms with E-state index in [2.05, 4.69) is 22.5 Å². The van der Waals surface area contributed by atoms with Crippen LogP contribution in [0.15, 0.2) is 12.8 Å². The molecule has 0 amide bonds. The zero-order valence-corrected chi connectivity index (χ0v) is 6.45. The van der Waals surface area contributed by atoms with Crippen LogP contribution in [-0.4, -0.2) is 30.3 Å². The monoisotopic (exact) mass is 144 g/mol. The van der Waals surface area contributed by atoms with E-state index in [0.29, 0.717) is 6.04 Å². The molecule has 1 aliphatic rings. The van der Waals surface area contributed by atoms with Gasteiger partial charge in [0.1, 0.15) is 0 Å². The molecule has 3 heteroatoms. The molecule has 9 heavy (non-hydrogen) atoms. The van der Waals surface area contributed by atoms with E-state index in [9.17, 15) is 0 Å². The van der Waals surface area contributed by atoms with E-state index in [1.54, 1.807) is 11.9 Å². The zero-order chi connectivity index (χ0) is 6.69. The van der Waals surface area contributed by atoms with Crippen LogP contribution in [0.2, 0.25) is 0 Å². The van der Waals surface area contributed by atoms with Crippen molar-refractivity contribution in [3.8, 4) is 0 Å². The minimum absolute atomic E-state index is 0.679. The van der Waals surface area contributed by atoms with Gasteiger partial charge in [-0.2, -0.15) is 0 Å². The molecule has 1 fully saturated rings. The van der Waals surface area contributed by atoms with Gasteiger partial charge in [0.15, 0.2) is 0 Å². The number of likely N-dealkylation sites (tertiary alicyclic amines) is 1. The first-order chi connectivity index (χ1) is 4.36. The van der Waals surface area contributed by atoms with E-state index in [0.717, 1.165) is 13.1 Å². The topological polar surface area (TPSA) is 15.3 Å². The Morgan fingerprint density at radius 3 is 2.89 bits per heavy atom. The third-order valence-electron chi connectivity index (χ3n) is 1.45. The summed E-state index contributed by atoms with van der Waals surface area (Å²) in [6.07, 6.45) is 3.94. The number of hydrogen-bond acceptors (Lipinski definition) is 3. The van der Waals surface area contributed by atoms with Crippen molar-refractivity contribution in [3.63, 3.8) is 0 Å². The van der Waals surface area contributed by atoms with Crippen LogP contribution in [0.5, 0.6) is 0 Å². The maximum absolute atomic E-state index is 3.67. The molecular formula is C6H12N2S. The van der Waals surface area contributed by atoms with Crippen molar-refractivity contribution >= 4 is 11.9 Å². The van der Waals surface area contributed by atoms with Crippen LogP contribution in [0.25, 0.3) is 0 Å². The van der Waals surface area contributed by atoms with Gasteiger partial charge >= 0.3 is 0 Å². The van der Waals surface area contributed by atoms with Crippen molar-refractivity contribution in [2.75, 3.05) is 19.3 Å². The third-order valence-corrected chi connectivity index (χ3v) is 2.02. The minimum Gasteiger partial charge on any atom is -0.375 e. The fraction of sp³-hybridized carbons (Fsp3) is 0.667. The second-order valence-electron chi connectivity index (χ2n) is 2.16. The van der Waals surface area contributed by atoms with Crippen molar-refractivity contribution in [1.82, 2.24) is 9.62 Å². The van der Waals surface area contributed by atoms with E-state index < -0.39 is 0 Å². The number of nitrogens with one attached hydrogen (secondary N) is 1. The fourth-order valence-corrected chi connectivity index (χ4v) is 1.39. The van der Waals surface area contributed by atoms with E-state index in [1.807, 2.05) is 6.20 Å². The molecule has 1 aliphatic heterocycles. The number of nitrogens with zero attached hydrogens (tertiary/aromatic N) is 1. The molecule has 0 aliphatic carbocycles. The predicted molar refractivity (Wildman–Crippen MR) is 42.2 cm³/mol. The summed E-state index contributed by atoms with van der Waals surface area (Å²) < 4.78 is 3.27. The molecule has 1 N–H and O–H groups in total. The first-order valence-electron chi connectivity index (χ1n) is 3.02.